The van der Waals surface area contributed by atoms with Gasteiger partial charge < -0.3 is 10.1 Å². The maximum Gasteiger partial charge on any atom is 0.271 e. The van der Waals surface area contributed by atoms with Gasteiger partial charge in [0.2, 0.25) is 0 Å². The van der Waals surface area contributed by atoms with E-state index < -0.39 is 0 Å². The molecule has 0 radical (unpaired) electrons. The van der Waals surface area contributed by atoms with Gasteiger partial charge in [-0.25, -0.2) is 0 Å². The van der Waals surface area contributed by atoms with E-state index in [1.807, 2.05) is 10.9 Å². The highest BCUT2D eigenvalue weighted by Gasteiger charge is 2.17. The van der Waals surface area contributed by atoms with Crippen molar-refractivity contribution >= 4 is 5.91 Å². The lowest BCUT2D eigenvalue weighted by atomic mass is 10.1. The second-order valence-electron chi connectivity index (χ2n) is 4.76. The summed E-state index contributed by atoms with van der Waals surface area (Å²) in [5, 5.41) is 7.18. The summed E-state index contributed by atoms with van der Waals surface area (Å²) in [6.07, 6.45) is 5.11. The van der Waals surface area contributed by atoms with Gasteiger partial charge in [-0.3, -0.25) is 9.48 Å². The summed E-state index contributed by atoms with van der Waals surface area (Å²) in [5.41, 5.74) is 0.505. The van der Waals surface area contributed by atoms with E-state index in [2.05, 4.69) is 17.3 Å². The van der Waals surface area contributed by atoms with Crippen molar-refractivity contribution in [2.24, 2.45) is 5.92 Å². The Morgan fingerprint density at radius 2 is 2.56 bits per heavy atom. The third-order valence-corrected chi connectivity index (χ3v) is 3.19. The zero-order chi connectivity index (χ0) is 12.8. The number of nitrogens with one attached hydrogen (secondary N) is 1. The Balaban J connectivity index is 1.78. The van der Waals surface area contributed by atoms with Gasteiger partial charge in [-0.1, -0.05) is 13.3 Å². The molecule has 1 aliphatic rings. The van der Waals surface area contributed by atoms with Crippen molar-refractivity contribution in [3.63, 3.8) is 0 Å². The molecule has 0 spiro atoms. The molecule has 5 heteroatoms. The molecule has 1 unspecified atom stereocenters. The maximum atomic E-state index is 11.9. The van der Waals surface area contributed by atoms with Gasteiger partial charge >= 0.3 is 0 Å². The van der Waals surface area contributed by atoms with Crippen LogP contribution in [0.15, 0.2) is 12.3 Å². The minimum Gasteiger partial charge on any atom is -0.381 e. The normalized spacial score (nSPS) is 19.1. The van der Waals surface area contributed by atoms with Crippen molar-refractivity contribution in [2.45, 2.75) is 32.7 Å². The highest BCUT2D eigenvalue weighted by molar-refractivity contribution is 5.92. The predicted molar refractivity (Wildman–Crippen MR) is 68.4 cm³/mol. The summed E-state index contributed by atoms with van der Waals surface area (Å²) in [6.45, 7) is 5.26. The molecule has 1 aliphatic heterocycles. The molecular weight excluding hydrogens is 230 g/mol. The van der Waals surface area contributed by atoms with Crippen molar-refractivity contribution in [3.05, 3.63) is 18.0 Å². The molecule has 2 rings (SSSR count). The molecule has 0 bridgehead atoms. The number of carbonyl (C=O) groups excluding carboxylic acids is 1. The van der Waals surface area contributed by atoms with Crippen LogP contribution in [0.3, 0.4) is 0 Å². The van der Waals surface area contributed by atoms with Crippen LogP contribution >= 0.6 is 0 Å². The zero-order valence-corrected chi connectivity index (χ0v) is 10.9. The molecule has 2 heterocycles. The average Bonchev–Trinajstić information content (AvgIpc) is 3.04. The first kappa shape index (κ1) is 13.1. The number of amides is 1. The Hall–Kier alpha value is -1.36. The van der Waals surface area contributed by atoms with E-state index in [-0.39, 0.29) is 5.91 Å². The molecule has 1 aromatic heterocycles. The van der Waals surface area contributed by atoms with Gasteiger partial charge in [0.15, 0.2) is 0 Å². The monoisotopic (exact) mass is 251 g/mol. The summed E-state index contributed by atoms with van der Waals surface area (Å²) in [5.74, 6) is 0.369. The predicted octanol–water partition coefficient (Wildman–Crippen LogP) is 1.45. The Bertz CT molecular complexity index is 383. The van der Waals surface area contributed by atoms with Gasteiger partial charge in [-0.05, 0) is 18.9 Å². The minimum absolute atomic E-state index is 0.0860. The van der Waals surface area contributed by atoms with Crippen molar-refractivity contribution in [3.8, 4) is 0 Å². The largest absolute Gasteiger partial charge is 0.381 e. The summed E-state index contributed by atoms with van der Waals surface area (Å²) in [7, 11) is 0. The SMILES string of the molecule is CCCCn1ccc(C(=O)NCC2CCOC2)n1. The van der Waals surface area contributed by atoms with Crippen LogP contribution in [0.2, 0.25) is 0 Å². The lowest BCUT2D eigenvalue weighted by molar-refractivity contribution is 0.0939. The van der Waals surface area contributed by atoms with Crippen molar-refractivity contribution < 1.29 is 9.53 Å². The van der Waals surface area contributed by atoms with E-state index >= 15 is 0 Å². The summed E-state index contributed by atoms with van der Waals surface area (Å²) in [6, 6.07) is 1.77. The fraction of sp³-hybridized carbons (Fsp3) is 0.692. The molecule has 1 amide bonds. The zero-order valence-electron chi connectivity index (χ0n) is 10.9. The van der Waals surface area contributed by atoms with Gasteiger partial charge in [0.05, 0.1) is 6.61 Å². The van der Waals surface area contributed by atoms with E-state index in [1.54, 1.807) is 6.07 Å². The third kappa shape index (κ3) is 3.57. The molecule has 100 valence electrons. The Kier molecular flexibility index (Phi) is 4.75. The second-order valence-corrected chi connectivity index (χ2v) is 4.76. The number of carbonyl (C=O) groups is 1. The van der Waals surface area contributed by atoms with Crippen LogP contribution in [-0.2, 0) is 11.3 Å². The van der Waals surface area contributed by atoms with Gasteiger partial charge in [0.25, 0.3) is 5.91 Å². The van der Waals surface area contributed by atoms with Crippen molar-refractivity contribution in [2.75, 3.05) is 19.8 Å². The van der Waals surface area contributed by atoms with Crippen LogP contribution in [-0.4, -0.2) is 35.4 Å². The molecular formula is C13H21N3O2. The average molecular weight is 251 g/mol. The highest BCUT2D eigenvalue weighted by atomic mass is 16.5. The quantitative estimate of drug-likeness (QED) is 0.832. The molecule has 0 saturated carbocycles. The number of hydrogen-bond donors (Lipinski definition) is 1. The fourth-order valence-electron chi connectivity index (χ4n) is 2.00. The standard InChI is InChI=1S/C13H21N3O2/c1-2-3-6-16-7-4-12(15-16)13(17)14-9-11-5-8-18-10-11/h4,7,11H,2-3,5-6,8-10H2,1H3,(H,14,17). The minimum atomic E-state index is -0.0860. The van der Waals surface area contributed by atoms with Crippen molar-refractivity contribution in [1.82, 2.24) is 15.1 Å². The molecule has 18 heavy (non-hydrogen) atoms. The van der Waals surface area contributed by atoms with E-state index in [9.17, 15) is 4.79 Å². The Morgan fingerprint density at radius 1 is 1.67 bits per heavy atom. The molecule has 1 saturated heterocycles. The maximum absolute atomic E-state index is 11.9. The number of hydrogen-bond acceptors (Lipinski definition) is 3. The lowest BCUT2D eigenvalue weighted by Gasteiger charge is -2.07. The number of unbranched alkanes of at least 4 members (excludes halogenated alkanes) is 1. The molecule has 0 aromatic carbocycles. The Labute approximate surface area is 108 Å². The van der Waals surface area contributed by atoms with Crippen LogP contribution in [0.5, 0.6) is 0 Å². The first-order chi connectivity index (χ1) is 8.79. The van der Waals surface area contributed by atoms with E-state index in [4.69, 9.17) is 4.74 Å². The molecule has 1 atom stereocenters. The summed E-state index contributed by atoms with van der Waals surface area (Å²) in [4.78, 5) is 11.9. The van der Waals surface area contributed by atoms with Crippen LogP contribution < -0.4 is 5.32 Å². The second kappa shape index (κ2) is 6.54. The van der Waals surface area contributed by atoms with Crippen LogP contribution in [0.4, 0.5) is 0 Å². The van der Waals surface area contributed by atoms with Gasteiger partial charge in [0.1, 0.15) is 5.69 Å². The van der Waals surface area contributed by atoms with E-state index in [0.717, 1.165) is 39.0 Å². The third-order valence-electron chi connectivity index (χ3n) is 3.19. The first-order valence-electron chi connectivity index (χ1n) is 6.69. The van der Waals surface area contributed by atoms with E-state index in [0.29, 0.717) is 18.2 Å². The first-order valence-corrected chi connectivity index (χ1v) is 6.69. The number of nitrogens with zero attached hydrogens (tertiary/aromatic N) is 2. The Morgan fingerprint density at radius 3 is 3.28 bits per heavy atom. The van der Waals surface area contributed by atoms with Crippen LogP contribution in [0.1, 0.15) is 36.7 Å². The number of aromatic nitrogens is 2. The number of aryl methyl sites for hydroxylation is 1. The molecule has 5 nitrogen and oxygen atoms in total. The molecule has 1 N–H and O–H groups in total. The summed E-state index contributed by atoms with van der Waals surface area (Å²) < 4.78 is 7.10. The van der Waals surface area contributed by atoms with Gasteiger partial charge in [0, 0.05) is 31.8 Å². The van der Waals surface area contributed by atoms with Gasteiger partial charge in [-0.15, -0.1) is 0 Å². The van der Waals surface area contributed by atoms with Crippen LogP contribution in [0, 0.1) is 5.92 Å². The lowest BCUT2D eigenvalue weighted by Crippen LogP contribution is -2.29. The number of ether oxygens (including phenoxy) is 1. The molecule has 1 fully saturated rings. The summed E-state index contributed by atoms with van der Waals surface area (Å²) >= 11 is 0. The molecule has 1 aromatic rings. The van der Waals surface area contributed by atoms with Crippen LogP contribution in [0.25, 0.3) is 0 Å². The number of rotatable bonds is 6. The fourth-order valence-corrected chi connectivity index (χ4v) is 2.00. The van der Waals surface area contributed by atoms with Crippen molar-refractivity contribution in [1.29, 1.82) is 0 Å². The highest BCUT2D eigenvalue weighted by Crippen LogP contribution is 2.10. The van der Waals surface area contributed by atoms with Gasteiger partial charge in [-0.2, -0.15) is 5.10 Å². The van der Waals surface area contributed by atoms with E-state index in [1.165, 1.54) is 0 Å². The molecule has 0 aliphatic carbocycles. The smallest absolute Gasteiger partial charge is 0.271 e. The topological polar surface area (TPSA) is 56.2 Å².